The minimum Gasteiger partial charge on any atom is -0.497 e. The lowest BCUT2D eigenvalue weighted by Gasteiger charge is -2.36. The number of carbonyl (C=O) groups is 3. The molecular weight excluding hydrogens is 458 g/mol. The minimum absolute atomic E-state index is 0.198. The van der Waals surface area contributed by atoms with Crippen LogP contribution in [0.2, 0.25) is 5.02 Å². The van der Waals surface area contributed by atoms with Gasteiger partial charge in [0.1, 0.15) is 17.0 Å². The molecule has 3 fully saturated rings. The van der Waals surface area contributed by atoms with Gasteiger partial charge in [0, 0.05) is 22.7 Å². The van der Waals surface area contributed by atoms with Gasteiger partial charge in [-0.15, -0.1) is 0 Å². The number of hydrogen-bond acceptors (Lipinski definition) is 6. The number of imide groups is 1. The molecule has 0 radical (unpaired) electrons. The topological polar surface area (TPSA) is 88.2 Å². The number of ether oxygens (including phenoxy) is 2. The zero-order valence-corrected chi connectivity index (χ0v) is 19.8. The number of carbonyl (C=O) groups excluding carboxylic acids is 3. The molecule has 6 rings (SSSR count). The Hall–Kier alpha value is -3.10. The van der Waals surface area contributed by atoms with E-state index in [1.165, 1.54) is 19.1 Å². The molecule has 0 bridgehead atoms. The largest absolute Gasteiger partial charge is 0.497 e. The monoisotopic (exact) mass is 481 g/mol. The van der Waals surface area contributed by atoms with Crippen LogP contribution in [0, 0.1) is 18.8 Å². The molecule has 2 aromatic rings. The lowest BCUT2D eigenvalue weighted by atomic mass is 9.75. The molecule has 9 heteroatoms. The van der Waals surface area contributed by atoms with Crippen molar-refractivity contribution >= 4 is 40.7 Å². The Balaban J connectivity index is 1.56. The molecule has 0 aliphatic carbocycles. The summed E-state index contributed by atoms with van der Waals surface area (Å²) in [6, 6.07) is 8.40. The lowest BCUT2D eigenvalue weighted by molar-refractivity contribution is -0.135. The van der Waals surface area contributed by atoms with Gasteiger partial charge in [-0.3, -0.25) is 19.3 Å². The Morgan fingerprint density at radius 1 is 1.09 bits per heavy atom. The van der Waals surface area contributed by atoms with Crippen LogP contribution in [0.3, 0.4) is 0 Å². The summed E-state index contributed by atoms with van der Waals surface area (Å²) in [5.41, 5.74) is 1.20. The highest BCUT2D eigenvalue weighted by atomic mass is 35.5. The third-order valence-corrected chi connectivity index (χ3v) is 8.40. The number of anilines is 2. The molecular formula is C25H24ClN3O5. The summed E-state index contributed by atoms with van der Waals surface area (Å²) in [6.45, 7) is 2.50. The Kier molecular flexibility index (Phi) is 4.54. The van der Waals surface area contributed by atoms with Crippen LogP contribution in [0.1, 0.15) is 24.0 Å². The standard InChI is InChI=1S/C25H24ClN3O5/c1-12-15(26)8-7-14-21(12)27-24(32)25(14)20-19(16-5-4-10-28(16)25)22(30)29(23(20)31)17-11-13(33-2)6-9-18(17)34-3/h6-9,11,16,19-20H,4-5,10H2,1-3H3,(H,27,32)/t16-,19+,20-,25-/m0/s1. The number of methoxy groups -OCH3 is 2. The van der Waals surface area contributed by atoms with Crippen molar-refractivity contribution in [1.82, 2.24) is 4.90 Å². The normalized spacial score (nSPS) is 29.5. The molecule has 4 aliphatic rings. The van der Waals surface area contributed by atoms with E-state index in [0.29, 0.717) is 34.4 Å². The van der Waals surface area contributed by atoms with Crippen LogP contribution >= 0.6 is 11.6 Å². The van der Waals surface area contributed by atoms with Crippen molar-refractivity contribution in [3.8, 4) is 11.5 Å². The number of fused-ring (bicyclic) bond motifs is 7. The third kappa shape index (κ3) is 2.40. The van der Waals surface area contributed by atoms with Crippen molar-refractivity contribution in [2.75, 3.05) is 31.0 Å². The van der Waals surface area contributed by atoms with Crippen LogP contribution in [0.25, 0.3) is 0 Å². The highest BCUT2D eigenvalue weighted by Gasteiger charge is 2.74. The fraction of sp³-hybridized carbons (Fsp3) is 0.400. The van der Waals surface area contributed by atoms with Crippen molar-refractivity contribution in [3.05, 3.63) is 46.5 Å². The van der Waals surface area contributed by atoms with Gasteiger partial charge in [0.05, 0.1) is 37.4 Å². The number of hydrogen-bond donors (Lipinski definition) is 1. The second-order valence-electron chi connectivity index (χ2n) is 9.27. The first-order chi connectivity index (χ1) is 16.4. The summed E-state index contributed by atoms with van der Waals surface area (Å²) in [6.07, 6.45) is 1.61. The van der Waals surface area contributed by atoms with Gasteiger partial charge >= 0.3 is 0 Å². The maximum atomic E-state index is 14.1. The third-order valence-electron chi connectivity index (χ3n) is 7.99. The Labute approximate surface area is 201 Å². The van der Waals surface area contributed by atoms with Crippen LogP contribution in [0.4, 0.5) is 11.4 Å². The predicted molar refractivity (Wildman–Crippen MR) is 125 cm³/mol. The summed E-state index contributed by atoms with van der Waals surface area (Å²) in [7, 11) is 3.01. The van der Waals surface area contributed by atoms with Gasteiger partial charge < -0.3 is 14.8 Å². The molecule has 0 aromatic heterocycles. The molecule has 8 nitrogen and oxygen atoms in total. The minimum atomic E-state index is -1.25. The number of benzene rings is 2. The van der Waals surface area contributed by atoms with Crippen LogP contribution in [-0.4, -0.2) is 49.4 Å². The fourth-order valence-corrected chi connectivity index (χ4v) is 6.76. The first kappa shape index (κ1) is 21.4. The molecule has 4 heterocycles. The molecule has 176 valence electrons. The van der Waals surface area contributed by atoms with Gasteiger partial charge in [0.15, 0.2) is 0 Å². The first-order valence-corrected chi connectivity index (χ1v) is 11.7. The number of nitrogens with zero attached hydrogens (tertiary/aromatic N) is 2. The van der Waals surface area contributed by atoms with Crippen LogP contribution < -0.4 is 19.7 Å². The smallest absolute Gasteiger partial charge is 0.250 e. The molecule has 2 aromatic carbocycles. The number of nitrogens with one attached hydrogen (secondary N) is 1. The Morgan fingerprint density at radius 3 is 2.62 bits per heavy atom. The quantitative estimate of drug-likeness (QED) is 0.678. The zero-order valence-electron chi connectivity index (χ0n) is 19.1. The van der Waals surface area contributed by atoms with E-state index in [0.717, 1.165) is 24.0 Å². The first-order valence-electron chi connectivity index (χ1n) is 11.3. The number of rotatable bonds is 3. The zero-order chi connectivity index (χ0) is 23.9. The summed E-state index contributed by atoms with van der Waals surface area (Å²) < 4.78 is 10.8. The van der Waals surface area contributed by atoms with Gasteiger partial charge in [-0.2, -0.15) is 0 Å². The van der Waals surface area contributed by atoms with E-state index < -0.39 is 23.3 Å². The highest BCUT2D eigenvalue weighted by molar-refractivity contribution is 6.32. The summed E-state index contributed by atoms with van der Waals surface area (Å²) in [5, 5.41) is 3.55. The highest BCUT2D eigenvalue weighted by Crippen LogP contribution is 2.61. The van der Waals surface area contributed by atoms with E-state index in [-0.39, 0.29) is 17.9 Å². The lowest BCUT2D eigenvalue weighted by Crippen LogP contribution is -2.54. The predicted octanol–water partition coefficient (Wildman–Crippen LogP) is 3.10. The van der Waals surface area contributed by atoms with Crippen molar-refractivity contribution in [2.24, 2.45) is 11.8 Å². The van der Waals surface area contributed by atoms with Crippen LogP contribution in [-0.2, 0) is 19.9 Å². The molecule has 4 aliphatic heterocycles. The van der Waals surface area contributed by atoms with Crippen molar-refractivity contribution in [1.29, 1.82) is 0 Å². The SMILES string of the molecule is COc1ccc(OC)c(N2C(=O)[C@H]3[C@@H](C2=O)[C@@]2(C(=O)Nc4c2ccc(Cl)c4C)N2CCC[C@@H]32)c1. The van der Waals surface area contributed by atoms with E-state index in [2.05, 4.69) is 10.2 Å². The van der Waals surface area contributed by atoms with Crippen molar-refractivity contribution in [3.63, 3.8) is 0 Å². The van der Waals surface area contributed by atoms with Crippen molar-refractivity contribution in [2.45, 2.75) is 31.3 Å². The summed E-state index contributed by atoms with van der Waals surface area (Å²) >= 11 is 6.35. The van der Waals surface area contributed by atoms with Gasteiger partial charge in [0.25, 0.3) is 0 Å². The van der Waals surface area contributed by atoms with Crippen LogP contribution in [0.15, 0.2) is 30.3 Å². The second kappa shape index (κ2) is 7.20. The molecule has 1 N–H and O–H groups in total. The Morgan fingerprint density at radius 2 is 1.88 bits per heavy atom. The summed E-state index contributed by atoms with van der Waals surface area (Å²) in [4.78, 5) is 45.1. The Bertz CT molecular complexity index is 1280. The molecule has 3 amide bonds. The number of halogens is 1. The van der Waals surface area contributed by atoms with E-state index >= 15 is 0 Å². The maximum Gasteiger partial charge on any atom is 0.250 e. The van der Waals surface area contributed by atoms with E-state index in [9.17, 15) is 14.4 Å². The fourth-order valence-electron chi connectivity index (χ4n) is 6.60. The molecule has 34 heavy (non-hydrogen) atoms. The van der Waals surface area contributed by atoms with Gasteiger partial charge in [0.2, 0.25) is 17.7 Å². The molecule has 4 atom stereocenters. The summed E-state index contributed by atoms with van der Waals surface area (Å²) in [5.74, 6) is -1.55. The second-order valence-corrected chi connectivity index (χ2v) is 9.68. The van der Waals surface area contributed by atoms with E-state index in [1.807, 2.05) is 13.0 Å². The van der Waals surface area contributed by atoms with Gasteiger partial charge in [-0.1, -0.05) is 17.7 Å². The molecule has 1 spiro atoms. The van der Waals surface area contributed by atoms with Crippen LogP contribution in [0.5, 0.6) is 11.5 Å². The van der Waals surface area contributed by atoms with Gasteiger partial charge in [-0.05, 0) is 50.1 Å². The average Bonchev–Trinajstić information content (AvgIpc) is 3.54. The van der Waals surface area contributed by atoms with E-state index in [4.69, 9.17) is 21.1 Å². The molecule has 0 saturated carbocycles. The average molecular weight is 482 g/mol. The maximum absolute atomic E-state index is 14.1. The molecule has 0 unspecified atom stereocenters. The molecule has 3 saturated heterocycles. The van der Waals surface area contributed by atoms with E-state index in [1.54, 1.807) is 24.3 Å². The van der Waals surface area contributed by atoms with Gasteiger partial charge in [-0.25, -0.2) is 4.90 Å². The van der Waals surface area contributed by atoms with Crippen molar-refractivity contribution < 1.29 is 23.9 Å². The number of amides is 3.